The summed E-state index contributed by atoms with van der Waals surface area (Å²) in [5.74, 6) is 0.718. The fraction of sp³-hybridized carbons (Fsp3) is 0.308. The fourth-order valence-electron chi connectivity index (χ4n) is 1.97. The molecular weight excluding hydrogens is 243 g/mol. The third-order valence-corrected chi connectivity index (χ3v) is 3.29. The van der Waals surface area contributed by atoms with Crippen LogP contribution in [0.2, 0.25) is 0 Å². The Morgan fingerprint density at radius 2 is 2.05 bits per heavy atom. The zero-order chi connectivity index (χ0) is 14.0. The van der Waals surface area contributed by atoms with E-state index >= 15 is 0 Å². The van der Waals surface area contributed by atoms with E-state index in [9.17, 15) is 10.0 Å². The molecule has 0 bridgehead atoms. The van der Waals surface area contributed by atoms with Gasteiger partial charge in [0.15, 0.2) is 0 Å². The molecule has 0 aliphatic carbocycles. The van der Waals surface area contributed by atoms with Gasteiger partial charge in [-0.2, -0.15) is 0 Å². The normalized spacial score (nSPS) is 10.6. The number of rotatable bonds is 4. The Hall–Kier alpha value is -1.79. The molecule has 0 radical (unpaired) electrons. The lowest BCUT2D eigenvalue weighted by Crippen LogP contribution is -2.30. The lowest BCUT2D eigenvalue weighted by molar-refractivity contribution is 0.407. The van der Waals surface area contributed by atoms with Crippen molar-refractivity contribution in [3.8, 4) is 5.75 Å². The molecule has 5 nitrogen and oxygen atoms in total. The van der Waals surface area contributed by atoms with Gasteiger partial charge in [0.1, 0.15) is 5.75 Å². The van der Waals surface area contributed by atoms with Crippen LogP contribution in [0, 0.1) is 13.8 Å². The van der Waals surface area contributed by atoms with E-state index in [-0.39, 0.29) is 0 Å². The van der Waals surface area contributed by atoms with Crippen LogP contribution in [0.15, 0.2) is 24.5 Å². The zero-order valence-corrected chi connectivity index (χ0v) is 11.3. The van der Waals surface area contributed by atoms with Crippen LogP contribution in [0.3, 0.4) is 0 Å². The van der Waals surface area contributed by atoms with E-state index < -0.39 is 7.12 Å². The summed E-state index contributed by atoms with van der Waals surface area (Å²) in [6.07, 6.45) is 1.77. The van der Waals surface area contributed by atoms with Gasteiger partial charge in [0.05, 0.1) is 25.7 Å². The third kappa shape index (κ3) is 2.80. The molecule has 1 aromatic heterocycles. The SMILES string of the molecule is COc1ccc(B(O)O)cc1Cn1cnc(C)c1C. The molecule has 2 rings (SSSR count). The minimum atomic E-state index is -1.48. The molecule has 19 heavy (non-hydrogen) atoms. The van der Waals surface area contributed by atoms with Gasteiger partial charge in [-0.3, -0.25) is 0 Å². The maximum absolute atomic E-state index is 9.23. The molecule has 0 amide bonds. The summed E-state index contributed by atoms with van der Waals surface area (Å²) in [5.41, 5.74) is 3.40. The van der Waals surface area contributed by atoms with Gasteiger partial charge in [0, 0.05) is 11.3 Å². The van der Waals surface area contributed by atoms with Crippen molar-refractivity contribution in [1.82, 2.24) is 9.55 Å². The minimum Gasteiger partial charge on any atom is -0.496 e. The van der Waals surface area contributed by atoms with Crippen molar-refractivity contribution in [2.75, 3.05) is 7.11 Å². The monoisotopic (exact) mass is 260 g/mol. The first-order valence-corrected chi connectivity index (χ1v) is 6.04. The molecule has 1 heterocycles. The van der Waals surface area contributed by atoms with Gasteiger partial charge in [0.2, 0.25) is 0 Å². The van der Waals surface area contributed by atoms with E-state index in [2.05, 4.69) is 4.98 Å². The Bertz CT molecular complexity index is 581. The average Bonchev–Trinajstić information content (AvgIpc) is 2.70. The van der Waals surface area contributed by atoms with Crippen LogP contribution < -0.4 is 10.2 Å². The number of aromatic nitrogens is 2. The quantitative estimate of drug-likeness (QED) is 0.772. The van der Waals surface area contributed by atoms with E-state index in [0.29, 0.717) is 12.0 Å². The molecule has 0 unspecified atom stereocenters. The van der Waals surface area contributed by atoms with Gasteiger partial charge < -0.3 is 19.4 Å². The maximum atomic E-state index is 9.23. The molecule has 0 aliphatic heterocycles. The van der Waals surface area contributed by atoms with Crippen LogP contribution in [-0.2, 0) is 6.54 Å². The van der Waals surface area contributed by atoms with E-state index in [1.165, 1.54) is 0 Å². The Labute approximate surface area is 112 Å². The Morgan fingerprint density at radius 3 is 2.58 bits per heavy atom. The first-order valence-electron chi connectivity index (χ1n) is 6.04. The maximum Gasteiger partial charge on any atom is 0.488 e. The average molecular weight is 260 g/mol. The predicted molar refractivity (Wildman–Crippen MR) is 73.6 cm³/mol. The zero-order valence-electron chi connectivity index (χ0n) is 11.3. The summed E-state index contributed by atoms with van der Waals surface area (Å²) < 4.78 is 7.30. The van der Waals surface area contributed by atoms with Crippen molar-refractivity contribution < 1.29 is 14.8 Å². The molecule has 0 aliphatic rings. The third-order valence-electron chi connectivity index (χ3n) is 3.29. The topological polar surface area (TPSA) is 67.5 Å². The second-order valence-electron chi connectivity index (χ2n) is 4.49. The van der Waals surface area contributed by atoms with Crippen LogP contribution in [0.5, 0.6) is 5.75 Å². The number of benzene rings is 1. The predicted octanol–water partition coefficient (Wildman–Crippen LogP) is 0.237. The van der Waals surface area contributed by atoms with Gasteiger partial charge in [-0.25, -0.2) is 4.98 Å². The Morgan fingerprint density at radius 1 is 1.32 bits per heavy atom. The number of ether oxygens (including phenoxy) is 1. The fourth-order valence-corrected chi connectivity index (χ4v) is 1.97. The van der Waals surface area contributed by atoms with Crippen molar-refractivity contribution in [3.63, 3.8) is 0 Å². The number of imidazole rings is 1. The molecule has 1 aromatic carbocycles. The lowest BCUT2D eigenvalue weighted by Gasteiger charge is -2.12. The highest BCUT2D eigenvalue weighted by Crippen LogP contribution is 2.19. The van der Waals surface area contributed by atoms with E-state index in [1.807, 2.05) is 18.4 Å². The van der Waals surface area contributed by atoms with Gasteiger partial charge in [-0.15, -0.1) is 0 Å². The Balaban J connectivity index is 2.37. The van der Waals surface area contributed by atoms with Crippen molar-refractivity contribution in [2.45, 2.75) is 20.4 Å². The van der Waals surface area contributed by atoms with Crippen molar-refractivity contribution in [1.29, 1.82) is 0 Å². The highest BCUT2D eigenvalue weighted by Gasteiger charge is 2.14. The molecular formula is C13H17BN2O3. The van der Waals surface area contributed by atoms with Crippen molar-refractivity contribution in [3.05, 3.63) is 41.5 Å². The highest BCUT2D eigenvalue weighted by atomic mass is 16.5. The number of hydrogen-bond donors (Lipinski definition) is 2. The molecule has 0 fully saturated rings. The first kappa shape index (κ1) is 13.6. The molecule has 0 saturated carbocycles. The van der Waals surface area contributed by atoms with E-state index in [0.717, 1.165) is 22.7 Å². The molecule has 0 spiro atoms. The smallest absolute Gasteiger partial charge is 0.488 e. The van der Waals surface area contributed by atoms with Gasteiger partial charge in [-0.1, -0.05) is 12.1 Å². The summed E-state index contributed by atoms with van der Waals surface area (Å²) in [5, 5.41) is 18.5. The second-order valence-corrected chi connectivity index (χ2v) is 4.49. The lowest BCUT2D eigenvalue weighted by atomic mass is 9.79. The summed E-state index contributed by atoms with van der Waals surface area (Å²) in [7, 11) is 0.121. The minimum absolute atomic E-state index is 0.449. The largest absolute Gasteiger partial charge is 0.496 e. The summed E-state index contributed by atoms with van der Waals surface area (Å²) in [6.45, 7) is 4.53. The molecule has 2 N–H and O–H groups in total. The van der Waals surface area contributed by atoms with Crippen LogP contribution in [0.25, 0.3) is 0 Å². The number of methoxy groups -OCH3 is 1. The van der Waals surface area contributed by atoms with Crippen LogP contribution >= 0.6 is 0 Å². The van der Waals surface area contributed by atoms with Crippen molar-refractivity contribution in [2.24, 2.45) is 0 Å². The summed E-state index contributed by atoms with van der Waals surface area (Å²) in [4.78, 5) is 4.25. The molecule has 0 saturated heterocycles. The number of nitrogens with zero attached hydrogens (tertiary/aromatic N) is 2. The first-order chi connectivity index (χ1) is 9.02. The molecule has 0 atom stereocenters. The van der Waals surface area contributed by atoms with Crippen molar-refractivity contribution >= 4 is 12.6 Å². The van der Waals surface area contributed by atoms with Gasteiger partial charge in [-0.05, 0) is 25.4 Å². The number of aryl methyl sites for hydroxylation is 1. The van der Waals surface area contributed by atoms with E-state index in [1.54, 1.807) is 31.6 Å². The second kappa shape index (κ2) is 5.46. The van der Waals surface area contributed by atoms with Crippen LogP contribution in [0.1, 0.15) is 17.0 Å². The summed E-state index contributed by atoms with van der Waals surface area (Å²) in [6, 6.07) is 5.11. The van der Waals surface area contributed by atoms with Crippen LogP contribution in [0.4, 0.5) is 0 Å². The standard InChI is InChI=1S/C13H17BN2O3/c1-9-10(2)16(8-15-9)7-11-6-12(14(17)18)4-5-13(11)19-3/h4-6,8,17-18H,7H2,1-3H3. The van der Waals surface area contributed by atoms with Gasteiger partial charge in [0.25, 0.3) is 0 Å². The molecule has 6 heteroatoms. The van der Waals surface area contributed by atoms with Crippen LogP contribution in [-0.4, -0.2) is 33.8 Å². The van der Waals surface area contributed by atoms with Gasteiger partial charge >= 0.3 is 7.12 Å². The Kier molecular flexibility index (Phi) is 3.92. The highest BCUT2D eigenvalue weighted by molar-refractivity contribution is 6.58. The van der Waals surface area contributed by atoms with E-state index in [4.69, 9.17) is 4.74 Å². The summed E-state index contributed by atoms with van der Waals surface area (Å²) >= 11 is 0. The molecule has 100 valence electrons. The number of hydrogen-bond acceptors (Lipinski definition) is 4. The molecule has 2 aromatic rings.